The molecule has 0 radical (unpaired) electrons. The van der Waals surface area contributed by atoms with E-state index in [0.29, 0.717) is 22.6 Å². The third-order valence-electron chi connectivity index (χ3n) is 2.37. The quantitative estimate of drug-likeness (QED) is 0.684. The molecule has 1 N–H and O–H groups in total. The second-order valence-electron chi connectivity index (χ2n) is 3.78. The number of pyridine rings is 1. The molecular weight excluding hydrogens is 326 g/mol. The van der Waals surface area contributed by atoms with Crippen molar-refractivity contribution in [3.8, 4) is 0 Å². The van der Waals surface area contributed by atoms with E-state index in [-0.39, 0.29) is 8.55 Å². The Morgan fingerprint density at radius 3 is 2.75 bits per heavy atom. The largest absolute Gasteiger partial charge is 0.300 e. The first-order chi connectivity index (χ1) is 9.31. The summed E-state index contributed by atoms with van der Waals surface area (Å²) in [5.41, 5.74) is 0.559. The minimum absolute atomic E-state index is 0.179. The van der Waals surface area contributed by atoms with Crippen LogP contribution in [0.15, 0.2) is 28.7 Å². The van der Waals surface area contributed by atoms with E-state index in [1.54, 1.807) is 6.92 Å². The zero-order valence-corrected chi connectivity index (χ0v) is 12.4. The maximum Gasteiger partial charge on any atom is 0.300 e. The molecule has 0 unspecified atom stereocenters. The third kappa shape index (κ3) is 2.89. The number of nitrogens with one attached hydrogen (secondary N) is 1. The molecule has 0 aliphatic carbocycles. The van der Waals surface area contributed by atoms with Crippen LogP contribution in [0.3, 0.4) is 0 Å². The van der Waals surface area contributed by atoms with Gasteiger partial charge >= 0.3 is 0 Å². The molecule has 106 valence electrons. The van der Waals surface area contributed by atoms with Gasteiger partial charge in [0.1, 0.15) is 4.21 Å². The highest BCUT2D eigenvalue weighted by molar-refractivity contribution is 7.94. The maximum absolute atomic E-state index is 12.1. The van der Waals surface area contributed by atoms with Gasteiger partial charge in [0, 0.05) is 18.5 Å². The van der Waals surface area contributed by atoms with Crippen molar-refractivity contribution in [2.24, 2.45) is 0 Å². The fourth-order valence-electron chi connectivity index (χ4n) is 1.38. The number of thiophene rings is 1. The van der Waals surface area contributed by atoms with E-state index in [1.165, 1.54) is 18.5 Å². The minimum atomic E-state index is -3.92. The molecule has 20 heavy (non-hydrogen) atoms. The molecule has 2 heterocycles. The number of hydrogen-bond donors (Lipinski definition) is 1. The van der Waals surface area contributed by atoms with Gasteiger partial charge in [-0.05, 0) is 18.6 Å². The average Bonchev–Trinajstić information content (AvgIpc) is 2.75. The van der Waals surface area contributed by atoms with Gasteiger partial charge in [0.2, 0.25) is 0 Å². The van der Waals surface area contributed by atoms with Crippen LogP contribution in [0.5, 0.6) is 0 Å². The molecule has 7 nitrogen and oxygen atoms in total. The van der Waals surface area contributed by atoms with Crippen LogP contribution in [-0.2, 0) is 10.0 Å². The molecule has 0 spiro atoms. The van der Waals surface area contributed by atoms with Gasteiger partial charge in [-0.3, -0.25) is 19.8 Å². The van der Waals surface area contributed by atoms with E-state index in [4.69, 9.17) is 11.6 Å². The van der Waals surface area contributed by atoms with Crippen LogP contribution < -0.4 is 4.72 Å². The second-order valence-corrected chi connectivity index (χ2v) is 7.34. The van der Waals surface area contributed by atoms with E-state index in [1.807, 2.05) is 0 Å². The molecular formula is C10H8ClN3O4S2. The van der Waals surface area contributed by atoms with Crippen LogP contribution in [0.1, 0.15) is 5.56 Å². The van der Waals surface area contributed by atoms with Gasteiger partial charge in [0.15, 0.2) is 4.34 Å². The van der Waals surface area contributed by atoms with Gasteiger partial charge in [-0.15, -0.1) is 11.3 Å². The molecule has 0 saturated heterocycles. The summed E-state index contributed by atoms with van der Waals surface area (Å²) in [7, 11) is -3.92. The van der Waals surface area contributed by atoms with Gasteiger partial charge in [-0.2, -0.15) is 0 Å². The second kappa shape index (κ2) is 5.35. The Morgan fingerprint density at radius 1 is 1.50 bits per heavy atom. The highest BCUT2D eigenvalue weighted by atomic mass is 35.5. The number of nitrogens with zero attached hydrogens (tertiary/aromatic N) is 2. The van der Waals surface area contributed by atoms with Crippen molar-refractivity contribution in [2.75, 3.05) is 4.72 Å². The lowest BCUT2D eigenvalue weighted by Gasteiger charge is -2.07. The van der Waals surface area contributed by atoms with Gasteiger partial charge in [-0.1, -0.05) is 11.6 Å². The molecule has 0 amide bonds. The van der Waals surface area contributed by atoms with Crippen LogP contribution in [0, 0.1) is 17.0 Å². The molecule has 10 heteroatoms. The summed E-state index contributed by atoms with van der Waals surface area (Å²) in [6.07, 6.45) is 2.94. The number of anilines is 1. The predicted molar refractivity (Wildman–Crippen MR) is 75.8 cm³/mol. The number of hydrogen-bond acceptors (Lipinski definition) is 6. The molecule has 2 rings (SSSR count). The van der Waals surface area contributed by atoms with Gasteiger partial charge < -0.3 is 0 Å². The monoisotopic (exact) mass is 333 g/mol. The number of aryl methyl sites for hydroxylation is 1. The summed E-state index contributed by atoms with van der Waals surface area (Å²) >= 11 is 6.29. The lowest BCUT2D eigenvalue weighted by Crippen LogP contribution is -2.12. The normalized spacial score (nSPS) is 11.3. The lowest BCUT2D eigenvalue weighted by molar-refractivity contribution is -0.384. The van der Waals surface area contributed by atoms with Gasteiger partial charge in [0.25, 0.3) is 15.7 Å². The van der Waals surface area contributed by atoms with Gasteiger partial charge in [-0.25, -0.2) is 8.42 Å². The SMILES string of the molecule is Cc1cnccc1NS(=O)(=O)c1cc([N+](=O)[O-])c(Cl)s1. The van der Waals surface area contributed by atoms with Crippen molar-refractivity contribution in [2.45, 2.75) is 11.1 Å². The molecule has 0 aliphatic heterocycles. The number of aromatic nitrogens is 1. The van der Waals surface area contributed by atoms with Crippen LogP contribution >= 0.6 is 22.9 Å². The average molecular weight is 334 g/mol. The van der Waals surface area contributed by atoms with E-state index in [9.17, 15) is 18.5 Å². The lowest BCUT2D eigenvalue weighted by atomic mass is 10.3. The first kappa shape index (κ1) is 14.7. The third-order valence-corrected chi connectivity index (χ3v) is 5.55. The van der Waals surface area contributed by atoms with Gasteiger partial charge in [0.05, 0.1) is 10.6 Å². The minimum Gasteiger partial charge on any atom is -0.279 e. The van der Waals surface area contributed by atoms with Crippen LogP contribution in [-0.4, -0.2) is 18.3 Å². The summed E-state index contributed by atoms with van der Waals surface area (Å²) in [4.78, 5) is 13.8. The van der Waals surface area contributed by atoms with Crippen molar-refractivity contribution >= 4 is 44.3 Å². The molecule has 2 aromatic rings. The summed E-state index contributed by atoms with van der Waals surface area (Å²) in [5.74, 6) is 0. The van der Waals surface area contributed by atoms with Crippen molar-refractivity contribution in [1.29, 1.82) is 0 Å². The van der Waals surface area contributed by atoms with Crippen LogP contribution in [0.2, 0.25) is 4.34 Å². The maximum atomic E-state index is 12.1. The van der Waals surface area contributed by atoms with Crippen molar-refractivity contribution in [3.05, 3.63) is 44.5 Å². The number of sulfonamides is 1. The number of rotatable bonds is 4. The van der Waals surface area contributed by atoms with Crippen LogP contribution in [0.25, 0.3) is 0 Å². The Kier molecular flexibility index (Phi) is 3.93. The fraction of sp³-hybridized carbons (Fsp3) is 0.100. The molecule has 2 aromatic heterocycles. The van der Waals surface area contributed by atoms with Crippen molar-refractivity contribution in [3.63, 3.8) is 0 Å². The predicted octanol–water partition coefficient (Wildman–Crippen LogP) is 2.81. The Balaban J connectivity index is 2.39. The number of nitro groups is 1. The summed E-state index contributed by atoms with van der Waals surface area (Å²) in [6.45, 7) is 1.69. The summed E-state index contributed by atoms with van der Waals surface area (Å²) in [6, 6.07) is 2.43. The van der Waals surface area contributed by atoms with Crippen molar-refractivity contribution < 1.29 is 13.3 Å². The Hall–Kier alpha value is -1.71. The molecule has 0 aromatic carbocycles. The van der Waals surface area contributed by atoms with E-state index in [2.05, 4.69) is 9.71 Å². The standard InChI is InChI=1S/C10H8ClN3O4S2/c1-6-5-12-3-2-7(6)13-20(17,18)9-4-8(14(15)16)10(11)19-9/h2-5H,1H3,(H,12,13). The van der Waals surface area contributed by atoms with E-state index < -0.39 is 20.6 Å². The molecule has 0 fully saturated rings. The molecule has 0 aliphatic rings. The molecule has 0 atom stereocenters. The molecule has 0 bridgehead atoms. The smallest absolute Gasteiger partial charge is 0.279 e. The number of halogens is 1. The zero-order chi connectivity index (χ0) is 14.9. The van der Waals surface area contributed by atoms with Crippen molar-refractivity contribution in [1.82, 2.24) is 4.98 Å². The first-order valence-corrected chi connectivity index (χ1v) is 7.86. The molecule has 0 saturated carbocycles. The summed E-state index contributed by atoms with van der Waals surface area (Å²) in [5, 5.41) is 10.7. The summed E-state index contributed by atoms with van der Waals surface area (Å²) < 4.78 is 26.2. The highest BCUT2D eigenvalue weighted by Gasteiger charge is 2.25. The van der Waals surface area contributed by atoms with E-state index in [0.717, 1.165) is 6.07 Å². The van der Waals surface area contributed by atoms with Crippen LogP contribution in [0.4, 0.5) is 11.4 Å². The topological polar surface area (TPSA) is 102 Å². The first-order valence-electron chi connectivity index (χ1n) is 5.18. The van der Waals surface area contributed by atoms with E-state index >= 15 is 0 Å². The highest BCUT2D eigenvalue weighted by Crippen LogP contribution is 2.36. The Labute approximate surface area is 123 Å². The Morgan fingerprint density at radius 2 is 2.20 bits per heavy atom. The fourth-order valence-corrected chi connectivity index (χ4v) is 4.17. The Bertz CT molecular complexity index is 773. The zero-order valence-electron chi connectivity index (χ0n) is 10.0.